The standard InChI is InChI=1S/C18H22N2/c1-3-16(2)19-20(14-17-10-6-4-7-11-17)15-18-12-8-5-9-13-18/h4-13H,3,14-15H2,1-2H3/b19-16+. The van der Waals surface area contributed by atoms with Crippen molar-refractivity contribution in [3.05, 3.63) is 71.8 Å². The lowest BCUT2D eigenvalue weighted by Gasteiger charge is -2.20. The summed E-state index contributed by atoms with van der Waals surface area (Å²) in [6.45, 7) is 5.91. The van der Waals surface area contributed by atoms with Crippen LogP contribution in [0.15, 0.2) is 65.8 Å². The van der Waals surface area contributed by atoms with Crippen molar-refractivity contribution in [1.29, 1.82) is 0 Å². The number of hydrogen-bond donors (Lipinski definition) is 0. The Morgan fingerprint density at radius 2 is 1.30 bits per heavy atom. The number of hydrazone groups is 1. The summed E-state index contributed by atoms with van der Waals surface area (Å²) in [7, 11) is 0. The second kappa shape index (κ2) is 7.49. The molecule has 0 aliphatic rings. The topological polar surface area (TPSA) is 15.6 Å². The first-order valence-electron chi connectivity index (χ1n) is 7.15. The third-order valence-electron chi connectivity index (χ3n) is 3.24. The average molecular weight is 266 g/mol. The predicted molar refractivity (Wildman–Crippen MR) is 85.5 cm³/mol. The Morgan fingerprint density at radius 3 is 1.70 bits per heavy atom. The minimum absolute atomic E-state index is 0.840. The van der Waals surface area contributed by atoms with Crippen LogP contribution >= 0.6 is 0 Å². The van der Waals surface area contributed by atoms with E-state index in [1.54, 1.807) is 0 Å². The molecule has 0 heterocycles. The molecule has 0 fully saturated rings. The van der Waals surface area contributed by atoms with Gasteiger partial charge in [-0.15, -0.1) is 0 Å². The first-order valence-corrected chi connectivity index (χ1v) is 7.15. The maximum absolute atomic E-state index is 4.74. The molecule has 0 atom stereocenters. The molecule has 2 rings (SSSR count). The van der Waals surface area contributed by atoms with Crippen LogP contribution in [0.4, 0.5) is 0 Å². The molecule has 2 heteroatoms. The van der Waals surface area contributed by atoms with Gasteiger partial charge in [0, 0.05) is 5.71 Å². The van der Waals surface area contributed by atoms with Crippen molar-refractivity contribution in [2.75, 3.05) is 0 Å². The fraction of sp³-hybridized carbons (Fsp3) is 0.278. The van der Waals surface area contributed by atoms with Crippen LogP contribution in [-0.2, 0) is 13.1 Å². The minimum Gasteiger partial charge on any atom is -0.288 e. The molecule has 0 N–H and O–H groups in total. The van der Waals surface area contributed by atoms with Gasteiger partial charge in [0.25, 0.3) is 0 Å². The summed E-state index contributed by atoms with van der Waals surface area (Å²) in [5, 5.41) is 6.88. The Labute approximate surface area is 121 Å². The summed E-state index contributed by atoms with van der Waals surface area (Å²) >= 11 is 0. The van der Waals surface area contributed by atoms with Gasteiger partial charge in [0.05, 0.1) is 13.1 Å². The van der Waals surface area contributed by atoms with Gasteiger partial charge in [-0.05, 0) is 24.5 Å². The molecule has 0 unspecified atom stereocenters. The van der Waals surface area contributed by atoms with Crippen molar-refractivity contribution in [1.82, 2.24) is 5.01 Å². The largest absolute Gasteiger partial charge is 0.288 e. The van der Waals surface area contributed by atoms with E-state index in [9.17, 15) is 0 Å². The fourth-order valence-corrected chi connectivity index (χ4v) is 2.03. The summed E-state index contributed by atoms with van der Waals surface area (Å²) in [4.78, 5) is 0. The van der Waals surface area contributed by atoms with Gasteiger partial charge in [0.2, 0.25) is 0 Å². The van der Waals surface area contributed by atoms with Crippen LogP contribution in [0.5, 0.6) is 0 Å². The van der Waals surface area contributed by atoms with E-state index in [1.165, 1.54) is 11.1 Å². The summed E-state index contributed by atoms with van der Waals surface area (Å²) in [6, 6.07) is 21.0. The molecular weight excluding hydrogens is 244 g/mol. The highest BCUT2D eigenvalue weighted by atomic mass is 15.4. The zero-order chi connectivity index (χ0) is 14.2. The van der Waals surface area contributed by atoms with E-state index in [0.29, 0.717) is 0 Å². The number of rotatable bonds is 6. The monoisotopic (exact) mass is 266 g/mol. The Balaban J connectivity index is 2.12. The van der Waals surface area contributed by atoms with Crippen molar-refractivity contribution >= 4 is 5.71 Å². The van der Waals surface area contributed by atoms with Crippen molar-refractivity contribution < 1.29 is 0 Å². The molecule has 0 saturated carbocycles. The molecule has 0 saturated heterocycles. The van der Waals surface area contributed by atoms with Crippen molar-refractivity contribution in [2.45, 2.75) is 33.4 Å². The van der Waals surface area contributed by atoms with Gasteiger partial charge in [-0.25, -0.2) is 0 Å². The molecule has 0 aromatic heterocycles. The van der Waals surface area contributed by atoms with E-state index < -0.39 is 0 Å². The smallest absolute Gasteiger partial charge is 0.0614 e. The van der Waals surface area contributed by atoms with Crippen LogP contribution in [-0.4, -0.2) is 10.7 Å². The Kier molecular flexibility index (Phi) is 5.36. The molecule has 0 amide bonds. The van der Waals surface area contributed by atoms with Gasteiger partial charge < -0.3 is 0 Å². The summed E-state index contributed by atoms with van der Waals surface area (Å²) in [5.74, 6) is 0. The summed E-state index contributed by atoms with van der Waals surface area (Å²) in [5.41, 5.74) is 3.74. The van der Waals surface area contributed by atoms with Gasteiger partial charge in [-0.2, -0.15) is 5.10 Å². The molecule has 2 aromatic carbocycles. The average Bonchev–Trinajstić information content (AvgIpc) is 2.49. The fourth-order valence-electron chi connectivity index (χ4n) is 2.03. The van der Waals surface area contributed by atoms with Gasteiger partial charge in [-0.1, -0.05) is 67.6 Å². The third-order valence-corrected chi connectivity index (χ3v) is 3.24. The second-order valence-corrected chi connectivity index (χ2v) is 4.98. The van der Waals surface area contributed by atoms with Crippen LogP contribution in [0.3, 0.4) is 0 Å². The summed E-state index contributed by atoms with van der Waals surface area (Å²) in [6.07, 6.45) is 0.986. The van der Waals surface area contributed by atoms with E-state index in [1.807, 2.05) is 12.1 Å². The van der Waals surface area contributed by atoms with Crippen LogP contribution in [0.25, 0.3) is 0 Å². The number of nitrogens with zero attached hydrogens (tertiary/aromatic N) is 2. The highest BCUT2D eigenvalue weighted by Gasteiger charge is 2.04. The van der Waals surface area contributed by atoms with E-state index >= 15 is 0 Å². The molecule has 0 bridgehead atoms. The molecule has 0 radical (unpaired) electrons. The Morgan fingerprint density at radius 1 is 0.850 bits per heavy atom. The van der Waals surface area contributed by atoms with Crippen molar-refractivity contribution in [2.24, 2.45) is 5.10 Å². The third kappa shape index (κ3) is 4.54. The Bertz CT molecular complexity index is 490. The zero-order valence-corrected chi connectivity index (χ0v) is 12.3. The normalized spacial score (nSPS) is 11.4. The SMILES string of the molecule is CC/C(C)=N/N(Cc1ccccc1)Cc1ccccc1. The maximum Gasteiger partial charge on any atom is 0.0614 e. The molecule has 0 aliphatic carbocycles. The molecule has 20 heavy (non-hydrogen) atoms. The summed E-state index contributed by atoms with van der Waals surface area (Å²) < 4.78 is 0. The predicted octanol–water partition coefficient (Wildman–Crippen LogP) is 4.47. The quantitative estimate of drug-likeness (QED) is 0.556. The molecule has 2 aromatic rings. The molecular formula is C18H22N2. The van der Waals surface area contributed by atoms with E-state index in [0.717, 1.165) is 25.2 Å². The lowest BCUT2D eigenvalue weighted by molar-refractivity contribution is 0.270. The number of benzene rings is 2. The Hall–Kier alpha value is -2.09. The van der Waals surface area contributed by atoms with E-state index in [2.05, 4.69) is 67.4 Å². The van der Waals surface area contributed by atoms with E-state index in [-0.39, 0.29) is 0 Å². The molecule has 0 aliphatic heterocycles. The van der Waals surface area contributed by atoms with Crippen molar-refractivity contribution in [3.8, 4) is 0 Å². The first-order chi connectivity index (χ1) is 9.78. The van der Waals surface area contributed by atoms with Crippen molar-refractivity contribution in [3.63, 3.8) is 0 Å². The van der Waals surface area contributed by atoms with Crippen LogP contribution < -0.4 is 0 Å². The van der Waals surface area contributed by atoms with Crippen LogP contribution in [0.2, 0.25) is 0 Å². The highest BCUT2D eigenvalue weighted by Crippen LogP contribution is 2.11. The number of hydrogen-bond acceptors (Lipinski definition) is 2. The van der Waals surface area contributed by atoms with Gasteiger partial charge in [0.15, 0.2) is 0 Å². The first kappa shape index (κ1) is 14.3. The molecule has 0 spiro atoms. The van der Waals surface area contributed by atoms with Gasteiger partial charge in [-0.3, -0.25) is 5.01 Å². The van der Waals surface area contributed by atoms with E-state index in [4.69, 9.17) is 5.10 Å². The molecule has 104 valence electrons. The van der Waals surface area contributed by atoms with Crippen LogP contribution in [0, 0.1) is 0 Å². The second-order valence-electron chi connectivity index (χ2n) is 4.98. The lowest BCUT2D eigenvalue weighted by atomic mass is 10.2. The van der Waals surface area contributed by atoms with Gasteiger partial charge in [0.1, 0.15) is 0 Å². The lowest BCUT2D eigenvalue weighted by Crippen LogP contribution is -2.18. The van der Waals surface area contributed by atoms with Crippen LogP contribution in [0.1, 0.15) is 31.4 Å². The highest BCUT2D eigenvalue weighted by molar-refractivity contribution is 5.81. The maximum atomic E-state index is 4.74. The van der Waals surface area contributed by atoms with Gasteiger partial charge >= 0.3 is 0 Å². The molecule has 2 nitrogen and oxygen atoms in total. The minimum atomic E-state index is 0.840. The zero-order valence-electron chi connectivity index (χ0n) is 12.3.